The highest BCUT2D eigenvalue weighted by Gasteiger charge is 2.39. The van der Waals surface area contributed by atoms with E-state index in [1.165, 1.54) is 6.92 Å². The van der Waals surface area contributed by atoms with Gasteiger partial charge in [-0.3, -0.25) is 14.5 Å². The van der Waals surface area contributed by atoms with Gasteiger partial charge in [-0.2, -0.15) is 0 Å². The highest BCUT2D eigenvalue weighted by molar-refractivity contribution is 6.05. The van der Waals surface area contributed by atoms with Crippen LogP contribution in [0, 0.1) is 5.92 Å². The third-order valence-corrected chi connectivity index (χ3v) is 9.10. The molecule has 0 aliphatic carbocycles. The smallest absolute Gasteiger partial charge is 0.255 e. The first-order valence-corrected chi connectivity index (χ1v) is 18.0. The van der Waals surface area contributed by atoms with Gasteiger partial charge in [-0.25, -0.2) is 0 Å². The Labute approximate surface area is 306 Å². The fourth-order valence-electron chi connectivity index (χ4n) is 6.09. The number of hydrogen-bond acceptors (Lipinski definition) is 11. The van der Waals surface area contributed by atoms with Crippen molar-refractivity contribution in [3.05, 3.63) is 101 Å². The van der Waals surface area contributed by atoms with Gasteiger partial charge in [-0.1, -0.05) is 55.5 Å². The van der Waals surface area contributed by atoms with E-state index < -0.39 is 6.29 Å². The Bertz CT molecular complexity index is 1520. The van der Waals surface area contributed by atoms with Crippen molar-refractivity contribution in [3.8, 4) is 0 Å². The number of aliphatic hydroxyl groups is 1. The highest BCUT2D eigenvalue weighted by atomic mass is 16.7. The third-order valence-electron chi connectivity index (χ3n) is 9.10. The monoisotopic (exact) mass is 720 g/mol. The van der Waals surface area contributed by atoms with E-state index in [1.807, 2.05) is 36.4 Å². The number of carbonyl (C=O) groups excluding carboxylic acids is 2. The van der Waals surface area contributed by atoms with Crippen LogP contribution in [0.2, 0.25) is 0 Å². The van der Waals surface area contributed by atoms with Gasteiger partial charge in [-0.05, 0) is 42.3 Å². The van der Waals surface area contributed by atoms with Crippen molar-refractivity contribution < 1.29 is 47.9 Å². The molecule has 2 aliphatic heterocycles. The number of Topliss-reactive ketones (excluding diaryl/α,β-unsaturated/α-hetero) is 1. The predicted molar refractivity (Wildman–Crippen MR) is 194 cm³/mol. The second-order valence-corrected chi connectivity index (χ2v) is 12.9. The van der Waals surface area contributed by atoms with Crippen LogP contribution in [0.4, 0.5) is 5.69 Å². The number of ketones is 1. The molecule has 4 atom stereocenters. The zero-order chi connectivity index (χ0) is 36.5. The number of amides is 1. The van der Waals surface area contributed by atoms with Crippen molar-refractivity contribution in [1.29, 1.82) is 0 Å². The molecule has 2 N–H and O–H groups in total. The van der Waals surface area contributed by atoms with Gasteiger partial charge >= 0.3 is 0 Å². The molecule has 2 fully saturated rings. The number of carbonyl (C=O) groups is 2. The van der Waals surface area contributed by atoms with Crippen molar-refractivity contribution in [1.82, 2.24) is 4.90 Å². The van der Waals surface area contributed by atoms with Crippen molar-refractivity contribution in [2.45, 2.75) is 39.0 Å². The number of nitrogens with zero attached hydrogens (tertiary/aromatic N) is 1. The fraction of sp³-hybridized carbons (Fsp3) is 0.500. The van der Waals surface area contributed by atoms with Crippen molar-refractivity contribution in [3.63, 3.8) is 0 Å². The molecule has 0 radical (unpaired) electrons. The van der Waals surface area contributed by atoms with Gasteiger partial charge in [0.2, 0.25) is 0 Å². The van der Waals surface area contributed by atoms with E-state index in [0.717, 1.165) is 11.1 Å². The van der Waals surface area contributed by atoms with Gasteiger partial charge in [0, 0.05) is 47.9 Å². The molecule has 5 rings (SSSR count). The number of ether oxygens (including phenoxy) is 7. The summed E-state index contributed by atoms with van der Waals surface area (Å²) in [5, 5.41) is 12.6. The van der Waals surface area contributed by atoms with Crippen LogP contribution in [-0.2, 0) is 39.8 Å². The van der Waals surface area contributed by atoms with Crippen LogP contribution in [0.1, 0.15) is 63.6 Å². The normalized spacial score (nSPS) is 23.6. The van der Waals surface area contributed by atoms with Crippen molar-refractivity contribution in [2.24, 2.45) is 5.92 Å². The molecule has 2 heterocycles. The molecule has 3 aromatic rings. The lowest BCUT2D eigenvalue weighted by Gasteiger charge is -2.43. The number of anilines is 1. The van der Waals surface area contributed by atoms with Crippen LogP contribution in [0.25, 0.3) is 0 Å². The summed E-state index contributed by atoms with van der Waals surface area (Å²) >= 11 is 0. The topological polar surface area (TPSA) is 134 Å². The fourth-order valence-corrected chi connectivity index (χ4v) is 6.09. The Morgan fingerprint density at radius 2 is 1.29 bits per heavy atom. The molecule has 52 heavy (non-hydrogen) atoms. The number of aliphatic hydroxyl groups excluding tert-OH is 1. The van der Waals surface area contributed by atoms with Crippen LogP contribution < -0.4 is 5.32 Å². The molecule has 3 aromatic carbocycles. The van der Waals surface area contributed by atoms with Crippen LogP contribution in [0.15, 0.2) is 72.8 Å². The molecule has 2 aliphatic rings. The van der Waals surface area contributed by atoms with E-state index in [-0.39, 0.29) is 36.4 Å². The second kappa shape index (κ2) is 21.2. The molecule has 12 heteroatoms. The highest BCUT2D eigenvalue weighted by Crippen LogP contribution is 2.42. The number of nitrogens with one attached hydrogen (secondary N) is 1. The average Bonchev–Trinajstić information content (AvgIpc) is 3.16. The lowest BCUT2D eigenvalue weighted by Crippen LogP contribution is -2.46. The number of rotatable bonds is 8. The molecule has 12 nitrogen and oxygen atoms in total. The molecular formula is C40H52N2O10. The lowest BCUT2D eigenvalue weighted by atomic mass is 9.90. The minimum Gasteiger partial charge on any atom is -0.392 e. The van der Waals surface area contributed by atoms with E-state index in [9.17, 15) is 14.7 Å². The SMILES string of the molecule is CC(=O)c1cccc(NC(=O)c2cccc(C3O[C@H](CN4CCOCCOCCOCCOCCOCC4)[C@H](C)[C@H](c4ccc(CO)cc4)O3)c2)c1. The van der Waals surface area contributed by atoms with Crippen LogP contribution in [0.5, 0.6) is 0 Å². The summed E-state index contributed by atoms with van der Waals surface area (Å²) in [6.45, 7) is 10.5. The maximum atomic E-state index is 13.4. The van der Waals surface area contributed by atoms with E-state index in [4.69, 9.17) is 33.2 Å². The van der Waals surface area contributed by atoms with Crippen molar-refractivity contribution >= 4 is 17.4 Å². The average molecular weight is 721 g/mol. The maximum Gasteiger partial charge on any atom is 0.255 e. The maximum absolute atomic E-state index is 13.4. The van der Waals surface area contributed by atoms with E-state index in [2.05, 4.69) is 17.1 Å². The summed E-state index contributed by atoms with van der Waals surface area (Å²) in [6, 6.07) is 21.9. The van der Waals surface area contributed by atoms with Crippen molar-refractivity contribution in [2.75, 3.05) is 91.0 Å². The van der Waals surface area contributed by atoms with Gasteiger partial charge in [0.25, 0.3) is 5.91 Å². The zero-order valence-corrected chi connectivity index (χ0v) is 30.2. The lowest BCUT2D eigenvalue weighted by molar-refractivity contribution is -0.276. The molecule has 1 amide bonds. The van der Waals surface area contributed by atoms with Gasteiger partial charge in [0.05, 0.1) is 84.9 Å². The number of hydrogen-bond donors (Lipinski definition) is 2. The first-order valence-electron chi connectivity index (χ1n) is 18.0. The zero-order valence-electron chi connectivity index (χ0n) is 30.2. The Kier molecular flexibility index (Phi) is 16.2. The molecule has 1 unspecified atom stereocenters. The first-order chi connectivity index (χ1) is 25.4. The summed E-state index contributed by atoms with van der Waals surface area (Å²) in [5.74, 6) is -0.439. The van der Waals surface area contributed by atoms with Crippen LogP contribution in [-0.4, -0.2) is 114 Å². The number of benzene rings is 3. The van der Waals surface area contributed by atoms with E-state index >= 15 is 0 Å². The first kappa shape index (κ1) is 39.6. The predicted octanol–water partition coefficient (Wildman–Crippen LogP) is 4.82. The van der Waals surface area contributed by atoms with Crippen LogP contribution in [0.3, 0.4) is 0 Å². The minimum atomic E-state index is -0.760. The summed E-state index contributed by atoms with van der Waals surface area (Å²) < 4.78 is 42.0. The third kappa shape index (κ3) is 12.3. The molecule has 0 bridgehead atoms. The quantitative estimate of drug-likeness (QED) is 0.310. The molecular weight excluding hydrogens is 668 g/mol. The van der Waals surface area contributed by atoms with Crippen LogP contribution >= 0.6 is 0 Å². The Morgan fingerprint density at radius 3 is 1.88 bits per heavy atom. The van der Waals surface area contributed by atoms with Gasteiger partial charge in [-0.15, -0.1) is 0 Å². The molecule has 0 saturated carbocycles. The summed E-state index contributed by atoms with van der Waals surface area (Å²) in [7, 11) is 0. The summed E-state index contributed by atoms with van der Waals surface area (Å²) in [4.78, 5) is 27.5. The minimum absolute atomic E-state index is 0.0461. The molecule has 0 aromatic heterocycles. The second-order valence-electron chi connectivity index (χ2n) is 12.9. The largest absolute Gasteiger partial charge is 0.392 e. The molecule has 0 spiro atoms. The molecule has 282 valence electrons. The van der Waals surface area contributed by atoms with Gasteiger partial charge in [0.15, 0.2) is 12.1 Å². The summed E-state index contributed by atoms with van der Waals surface area (Å²) in [6.07, 6.45) is -1.34. The Hall–Kier alpha value is -3.56. The Morgan fingerprint density at radius 1 is 0.712 bits per heavy atom. The standard InChI is InChI=1S/C40H52N2O10/c1-29-37(27-42-13-15-46-17-19-48-21-23-50-24-22-49-20-18-47-16-14-42)51-40(52-38(29)32-11-9-31(28-43)10-12-32)35-7-3-6-34(25-35)39(45)41-36-8-4-5-33(26-36)30(2)44/h3-12,25-26,29,37-38,40,43H,13-24,27-28H2,1-2H3,(H,41,45)/t29-,37+,38+,40?/m0/s1. The van der Waals surface area contributed by atoms with Gasteiger partial charge < -0.3 is 43.6 Å². The Balaban J connectivity index is 1.32. The van der Waals surface area contributed by atoms with Gasteiger partial charge in [0.1, 0.15) is 0 Å². The van der Waals surface area contributed by atoms with E-state index in [0.29, 0.717) is 108 Å². The summed E-state index contributed by atoms with van der Waals surface area (Å²) in [5.41, 5.74) is 3.97. The van der Waals surface area contributed by atoms with E-state index in [1.54, 1.807) is 36.4 Å². The molecule has 2 saturated heterocycles.